The van der Waals surface area contributed by atoms with E-state index in [1.54, 1.807) is 18.3 Å². The second-order valence-corrected chi connectivity index (χ2v) is 5.89. The van der Waals surface area contributed by atoms with Gasteiger partial charge in [0.25, 0.3) is 0 Å². The van der Waals surface area contributed by atoms with E-state index in [9.17, 15) is 0 Å². The maximum Gasteiger partial charge on any atom is 0.230 e. The lowest BCUT2D eigenvalue weighted by molar-refractivity contribution is 0.302. The predicted octanol–water partition coefficient (Wildman–Crippen LogP) is 3.81. The SMILES string of the molecule is CCN(CCO)c1ccc(N=Nc2ncc(C=C(C#N)C#N)s2)cc1. The second kappa shape index (κ2) is 9.28. The Kier molecular flexibility index (Phi) is 6.78. The molecule has 0 bridgehead atoms. The maximum atomic E-state index is 9.06. The molecule has 0 aliphatic rings. The molecule has 0 amide bonds. The molecule has 8 heteroatoms. The standard InChI is InChI=1S/C17H16N6OS/c1-2-23(7-8-24)15-5-3-14(4-6-15)21-22-17-20-12-16(25-17)9-13(10-18)11-19/h3-6,9,12,24H,2,7-8H2,1H3. The zero-order valence-electron chi connectivity index (χ0n) is 13.6. The van der Waals surface area contributed by atoms with Crippen LogP contribution in [0.1, 0.15) is 11.8 Å². The Balaban J connectivity index is 2.08. The van der Waals surface area contributed by atoms with Crippen LogP contribution in [-0.4, -0.2) is 29.8 Å². The van der Waals surface area contributed by atoms with E-state index in [2.05, 4.69) is 20.1 Å². The highest BCUT2D eigenvalue weighted by Gasteiger charge is 2.04. The summed E-state index contributed by atoms with van der Waals surface area (Å²) in [6.45, 7) is 3.53. The Morgan fingerprint density at radius 3 is 2.60 bits per heavy atom. The van der Waals surface area contributed by atoms with E-state index >= 15 is 0 Å². The number of hydrogen-bond acceptors (Lipinski definition) is 8. The first kappa shape index (κ1) is 18.3. The van der Waals surface area contributed by atoms with Crippen LogP contribution in [0.4, 0.5) is 16.5 Å². The number of allylic oxidation sites excluding steroid dienone is 1. The number of aromatic nitrogens is 1. The summed E-state index contributed by atoms with van der Waals surface area (Å²) < 4.78 is 0. The van der Waals surface area contributed by atoms with Gasteiger partial charge in [-0.15, -0.1) is 10.2 Å². The zero-order valence-corrected chi connectivity index (χ0v) is 14.4. The van der Waals surface area contributed by atoms with Crippen LogP contribution in [0.2, 0.25) is 0 Å². The van der Waals surface area contributed by atoms with Crippen LogP contribution in [0.5, 0.6) is 0 Å². The number of nitrogens with zero attached hydrogens (tertiary/aromatic N) is 6. The molecule has 0 aliphatic carbocycles. The quantitative estimate of drug-likeness (QED) is 0.602. The fourth-order valence-electron chi connectivity index (χ4n) is 2.04. The van der Waals surface area contributed by atoms with Gasteiger partial charge in [-0.25, -0.2) is 4.98 Å². The Labute approximate surface area is 149 Å². The van der Waals surface area contributed by atoms with Crippen LogP contribution < -0.4 is 4.90 Å². The molecule has 0 radical (unpaired) electrons. The summed E-state index contributed by atoms with van der Waals surface area (Å²) >= 11 is 1.24. The van der Waals surface area contributed by atoms with Crippen LogP contribution in [-0.2, 0) is 0 Å². The molecule has 0 saturated carbocycles. The normalized spacial score (nSPS) is 10.2. The van der Waals surface area contributed by atoms with Crippen molar-refractivity contribution in [2.75, 3.05) is 24.6 Å². The van der Waals surface area contributed by atoms with E-state index in [4.69, 9.17) is 15.6 Å². The van der Waals surface area contributed by atoms with Gasteiger partial charge in [-0.3, -0.25) is 0 Å². The number of rotatable bonds is 7. The lowest BCUT2D eigenvalue weighted by Gasteiger charge is -2.21. The number of benzene rings is 1. The second-order valence-electron chi connectivity index (χ2n) is 4.85. The summed E-state index contributed by atoms with van der Waals surface area (Å²) in [5, 5.41) is 35.2. The van der Waals surface area contributed by atoms with E-state index in [0.717, 1.165) is 12.2 Å². The van der Waals surface area contributed by atoms with Crippen molar-refractivity contribution >= 4 is 33.9 Å². The largest absolute Gasteiger partial charge is 0.395 e. The number of aliphatic hydroxyl groups excluding tert-OH is 1. The number of aliphatic hydroxyl groups is 1. The van der Waals surface area contributed by atoms with E-state index in [0.29, 0.717) is 22.2 Å². The van der Waals surface area contributed by atoms with Crippen molar-refractivity contribution in [1.29, 1.82) is 10.5 Å². The molecule has 7 nitrogen and oxygen atoms in total. The van der Waals surface area contributed by atoms with Crippen LogP contribution in [0.3, 0.4) is 0 Å². The van der Waals surface area contributed by atoms with Crippen LogP contribution >= 0.6 is 11.3 Å². The molecule has 2 rings (SSSR count). The molecule has 0 saturated heterocycles. The van der Waals surface area contributed by atoms with Gasteiger partial charge in [0.1, 0.15) is 17.7 Å². The summed E-state index contributed by atoms with van der Waals surface area (Å²) in [6.07, 6.45) is 3.01. The number of azo groups is 1. The van der Waals surface area contributed by atoms with Gasteiger partial charge in [0.15, 0.2) is 0 Å². The van der Waals surface area contributed by atoms with Crippen LogP contribution in [0, 0.1) is 22.7 Å². The van der Waals surface area contributed by atoms with Gasteiger partial charge in [0.05, 0.1) is 17.2 Å². The first-order chi connectivity index (χ1) is 12.2. The van der Waals surface area contributed by atoms with Crippen molar-refractivity contribution in [2.45, 2.75) is 6.92 Å². The van der Waals surface area contributed by atoms with E-state index in [1.807, 2.05) is 31.2 Å². The molecule has 1 aromatic heterocycles. The molecule has 1 aromatic carbocycles. The molecular weight excluding hydrogens is 336 g/mol. The van der Waals surface area contributed by atoms with Gasteiger partial charge >= 0.3 is 0 Å². The topological polar surface area (TPSA) is 109 Å². The maximum absolute atomic E-state index is 9.06. The van der Waals surface area contributed by atoms with Gasteiger partial charge in [0.2, 0.25) is 5.13 Å². The lowest BCUT2D eigenvalue weighted by atomic mass is 10.2. The zero-order chi connectivity index (χ0) is 18.1. The molecule has 0 aliphatic heterocycles. The van der Waals surface area contributed by atoms with Gasteiger partial charge in [0, 0.05) is 25.0 Å². The highest BCUT2D eigenvalue weighted by atomic mass is 32.1. The Bertz CT molecular complexity index is 825. The lowest BCUT2D eigenvalue weighted by Crippen LogP contribution is -2.25. The summed E-state index contributed by atoms with van der Waals surface area (Å²) in [5.74, 6) is 0. The van der Waals surface area contributed by atoms with Crippen molar-refractivity contribution in [2.24, 2.45) is 10.2 Å². The minimum absolute atomic E-state index is 0.0195. The molecule has 2 aromatic rings. The summed E-state index contributed by atoms with van der Waals surface area (Å²) in [7, 11) is 0. The Hall–Kier alpha value is -3.07. The number of thiazole rings is 1. The Morgan fingerprint density at radius 2 is 2.00 bits per heavy atom. The number of nitriles is 2. The molecule has 0 unspecified atom stereocenters. The highest BCUT2D eigenvalue weighted by Crippen LogP contribution is 2.26. The number of likely N-dealkylation sites (N-methyl/N-ethyl adjacent to an activating group) is 1. The number of hydrogen-bond donors (Lipinski definition) is 1. The molecule has 0 spiro atoms. The number of anilines is 1. The van der Waals surface area contributed by atoms with Gasteiger partial charge in [-0.05, 0) is 37.3 Å². The van der Waals surface area contributed by atoms with E-state index in [1.165, 1.54) is 17.4 Å². The van der Waals surface area contributed by atoms with Crippen molar-refractivity contribution in [1.82, 2.24) is 4.98 Å². The van der Waals surface area contributed by atoms with Crippen LogP contribution in [0.25, 0.3) is 6.08 Å². The molecule has 0 atom stereocenters. The van der Waals surface area contributed by atoms with Gasteiger partial charge in [-0.2, -0.15) is 10.5 Å². The average Bonchev–Trinajstić information content (AvgIpc) is 3.10. The van der Waals surface area contributed by atoms with Crippen molar-refractivity contribution in [3.8, 4) is 12.1 Å². The van der Waals surface area contributed by atoms with Crippen molar-refractivity contribution in [3.63, 3.8) is 0 Å². The van der Waals surface area contributed by atoms with Crippen LogP contribution in [0.15, 0.2) is 46.3 Å². The van der Waals surface area contributed by atoms with Crippen molar-refractivity contribution < 1.29 is 5.11 Å². The van der Waals surface area contributed by atoms with E-state index in [-0.39, 0.29) is 12.2 Å². The fraction of sp³-hybridized carbons (Fsp3) is 0.235. The summed E-state index contributed by atoms with van der Waals surface area (Å²) in [4.78, 5) is 6.82. The third kappa shape index (κ3) is 5.21. The molecule has 25 heavy (non-hydrogen) atoms. The molecule has 0 fully saturated rings. The average molecular weight is 352 g/mol. The molecule has 1 heterocycles. The van der Waals surface area contributed by atoms with Crippen molar-refractivity contribution in [3.05, 3.63) is 40.9 Å². The third-order valence-corrected chi connectivity index (χ3v) is 4.08. The Morgan fingerprint density at radius 1 is 1.28 bits per heavy atom. The van der Waals surface area contributed by atoms with Gasteiger partial charge < -0.3 is 10.0 Å². The van der Waals surface area contributed by atoms with Gasteiger partial charge in [-0.1, -0.05) is 11.3 Å². The molecule has 126 valence electrons. The minimum Gasteiger partial charge on any atom is -0.395 e. The first-order valence-corrected chi connectivity index (χ1v) is 8.37. The fourth-order valence-corrected chi connectivity index (χ4v) is 2.72. The van der Waals surface area contributed by atoms with E-state index < -0.39 is 0 Å². The third-order valence-electron chi connectivity index (χ3n) is 3.26. The first-order valence-electron chi connectivity index (χ1n) is 7.55. The minimum atomic E-state index is 0.0195. The highest BCUT2D eigenvalue weighted by molar-refractivity contribution is 7.16. The molecule has 1 N–H and O–H groups in total. The monoisotopic (exact) mass is 352 g/mol. The predicted molar refractivity (Wildman–Crippen MR) is 96.9 cm³/mol. The smallest absolute Gasteiger partial charge is 0.230 e. The molecular formula is C17H16N6OS. The summed E-state index contributed by atoms with van der Waals surface area (Å²) in [5.41, 5.74) is 1.72. The summed E-state index contributed by atoms with van der Waals surface area (Å²) in [6, 6.07) is 11.1.